The molecule has 0 fully saturated rings. The predicted octanol–water partition coefficient (Wildman–Crippen LogP) is 1.60. The molecule has 1 aromatic rings. The summed E-state index contributed by atoms with van der Waals surface area (Å²) in [5.74, 6) is -0.597. The summed E-state index contributed by atoms with van der Waals surface area (Å²) in [5.41, 5.74) is -0.548. The van der Waals surface area contributed by atoms with Gasteiger partial charge in [-0.3, -0.25) is 14.9 Å². The molecule has 9 nitrogen and oxygen atoms in total. The number of esters is 1. The Morgan fingerprint density at radius 1 is 1.31 bits per heavy atom. The number of para-hydroxylation sites is 1. The number of nitrogens with zero attached hydrogens (tertiary/aromatic N) is 1. The number of sulfonamides is 1. The molecule has 0 aliphatic rings. The van der Waals surface area contributed by atoms with E-state index in [1.807, 2.05) is 13.8 Å². The minimum absolute atomic E-state index is 0.0174. The second-order valence-electron chi connectivity index (χ2n) is 6.23. The van der Waals surface area contributed by atoms with Crippen LogP contribution >= 0.6 is 0 Å². The number of hydrogen-bond acceptors (Lipinski definition) is 7. The van der Waals surface area contributed by atoms with Gasteiger partial charge < -0.3 is 9.84 Å². The fourth-order valence-electron chi connectivity index (χ4n) is 2.22. The lowest BCUT2D eigenvalue weighted by molar-refractivity contribution is -0.387. The summed E-state index contributed by atoms with van der Waals surface area (Å²) in [6.45, 7) is 4.60. The van der Waals surface area contributed by atoms with Crippen LogP contribution in [-0.4, -0.2) is 43.2 Å². The van der Waals surface area contributed by atoms with Crippen molar-refractivity contribution in [3.8, 4) is 0 Å². The van der Waals surface area contributed by atoms with Crippen LogP contribution in [0.1, 0.15) is 33.6 Å². The number of rotatable bonds is 10. The van der Waals surface area contributed by atoms with Crippen molar-refractivity contribution < 1.29 is 28.0 Å². The summed E-state index contributed by atoms with van der Waals surface area (Å²) >= 11 is 0. The molecule has 10 heteroatoms. The van der Waals surface area contributed by atoms with E-state index in [-0.39, 0.29) is 25.4 Å². The van der Waals surface area contributed by atoms with E-state index in [1.54, 1.807) is 0 Å². The summed E-state index contributed by atoms with van der Waals surface area (Å²) < 4.78 is 32.4. The van der Waals surface area contributed by atoms with Gasteiger partial charge in [0, 0.05) is 13.0 Å². The van der Waals surface area contributed by atoms with E-state index in [0.29, 0.717) is 0 Å². The van der Waals surface area contributed by atoms with E-state index in [4.69, 9.17) is 4.74 Å². The number of nitro groups is 1. The summed E-state index contributed by atoms with van der Waals surface area (Å²) in [6, 6.07) is 4.15. The maximum atomic E-state index is 12.6. The number of nitro benzene ring substituents is 1. The number of hydrogen-bond donors (Lipinski definition) is 2. The number of ether oxygens (including phenoxy) is 1. The standard InChI is InChI=1S/C16H24N2O7S/c1-11(2)15(20)9-8-13(10-25-12(3)19)17-26(23,24)16-7-5-4-6-14(16)18(21)22/h4-7,11,13,15,17,20H,8-10H2,1-3H3/t13-,15+/m1/s1. The zero-order chi connectivity index (χ0) is 19.9. The summed E-state index contributed by atoms with van der Waals surface area (Å²) in [6.07, 6.45) is -0.166. The molecule has 0 amide bonds. The summed E-state index contributed by atoms with van der Waals surface area (Å²) in [7, 11) is -4.22. The van der Waals surface area contributed by atoms with Gasteiger partial charge in [0.1, 0.15) is 6.61 Å². The summed E-state index contributed by atoms with van der Waals surface area (Å²) in [5, 5.41) is 21.0. The van der Waals surface area contributed by atoms with E-state index in [2.05, 4.69) is 4.72 Å². The van der Waals surface area contributed by atoms with Gasteiger partial charge in [0.15, 0.2) is 4.90 Å². The first kappa shape index (κ1) is 22.0. The van der Waals surface area contributed by atoms with Crippen molar-refractivity contribution in [2.45, 2.75) is 50.7 Å². The first-order valence-corrected chi connectivity index (χ1v) is 9.60. The number of nitrogens with one attached hydrogen (secondary N) is 1. The van der Waals surface area contributed by atoms with Crippen LogP contribution in [0.2, 0.25) is 0 Å². The predicted molar refractivity (Wildman–Crippen MR) is 93.9 cm³/mol. The molecule has 26 heavy (non-hydrogen) atoms. The van der Waals surface area contributed by atoms with E-state index in [9.17, 15) is 28.4 Å². The van der Waals surface area contributed by atoms with Gasteiger partial charge in [-0.25, -0.2) is 13.1 Å². The van der Waals surface area contributed by atoms with Crippen molar-refractivity contribution in [1.82, 2.24) is 4.72 Å². The average Bonchev–Trinajstić information content (AvgIpc) is 2.56. The van der Waals surface area contributed by atoms with Crippen LogP contribution in [0.5, 0.6) is 0 Å². The molecule has 0 aliphatic carbocycles. The van der Waals surface area contributed by atoms with Gasteiger partial charge in [-0.2, -0.15) is 0 Å². The number of aliphatic hydroxyl groups is 1. The van der Waals surface area contributed by atoms with Gasteiger partial charge in [0.2, 0.25) is 10.0 Å². The highest BCUT2D eigenvalue weighted by Gasteiger charge is 2.28. The Hall–Kier alpha value is -2.04. The van der Waals surface area contributed by atoms with Crippen molar-refractivity contribution in [1.29, 1.82) is 0 Å². The van der Waals surface area contributed by atoms with Crippen LogP contribution in [0.25, 0.3) is 0 Å². The maximum Gasteiger partial charge on any atom is 0.302 e. The van der Waals surface area contributed by atoms with Gasteiger partial charge in [0.25, 0.3) is 5.69 Å². The van der Waals surface area contributed by atoms with Gasteiger partial charge in [-0.05, 0) is 24.8 Å². The number of benzene rings is 1. The molecule has 0 aliphatic heterocycles. The SMILES string of the molecule is CC(=O)OC[C@@H](CC[C@H](O)C(C)C)NS(=O)(=O)c1ccccc1[N+](=O)[O-]. The monoisotopic (exact) mass is 388 g/mol. The molecule has 0 saturated carbocycles. The third-order valence-electron chi connectivity index (χ3n) is 3.74. The van der Waals surface area contributed by atoms with Crippen LogP contribution < -0.4 is 4.72 Å². The molecule has 1 aromatic carbocycles. The van der Waals surface area contributed by atoms with Crippen molar-refractivity contribution in [2.24, 2.45) is 5.92 Å². The quantitative estimate of drug-likeness (QED) is 0.353. The number of carbonyl (C=O) groups is 1. The molecule has 0 heterocycles. The highest BCUT2D eigenvalue weighted by atomic mass is 32.2. The van der Waals surface area contributed by atoms with Gasteiger partial charge >= 0.3 is 5.97 Å². The van der Waals surface area contributed by atoms with E-state index < -0.39 is 43.6 Å². The molecule has 1 rings (SSSR count). The Morgan fingerprint density at radius 3 is 2.46 bits per heavy atom. The van der Waals surface area contributed by atoms with Crippen molar-refractivity contribution in [3.63, 3.8) is 0 Å². The minimum atomic E-state index is -4.22. The van der Waals surface area contributed by atoms with Crippen LogP contribution in [-0.2, 0) is 19.6 Å². The van der Waals surface area contributed by atoms with Gasteiger partial charge in [-0.1, -0.05) is 26.0 Å². The molecule has 2 N–H and O–H groups in total. The third-order valence-corrected chi connectivity index (χ3v) is 5.31. The van der Waals surface area contributed by atoms with E-state index in [0.717, 1.165) is 12.1 Å². The molecule has 146 valence electrons. The third kappa shape index (κ3) is 6.70. The molecular weight excluding hydrogens is 364 g/mol. The lowest BCUT2D eigenvalue weighted by Gasteiger charge is -2.21. The molecule has 2 atom stereocenters. The fourth-order valence-corrected chi connectivity index (χ4v) is 3.64. The van der Waals surface area contributed by atoms with Gasteiger partial charge in [-0.15, -0.1) is 0 Å². The molecule has 0 saturated heterocycles. The Morgan fingerprint density at radius 2 is 1.92 bits per heavy atom. The topological polar surface area (TPSA) is 136 Å². The minimum Gasteiger partial charge on any atom is -0.464 e. The van der Waals surface area contributed by atoms with Crippen LogP contribution in [0, 0.1) is 16.0 Å². The summed E-state index contributed by atoms with van der Waals surface area (Å²) in [4.78, 5) is 20.9. The number of aliphatic hydroxyl groups excluding tert-OH is 1. The first-order valence-electron chi connectivity index (χ1n) is 8.11. The Labute approximate surface area is 152 Å². The fraction of sp³-hybridized carbons (Fsp3) is 0.562. The van der Waals surface area contributed by atoms with Gasteiger partial charge in [0.05, 0.1) is 17.1 Å². The second-order valence-corrected chi connectivity index (χ2v) is 7.92. The normalized spacial score (nSPS) is 14.0. The van der Waals surface area contributed by atoms with Crippen molar-refractivity contribution >= 4 is 21.7 Å². The Kier molecular flexibility index (Phi) is 8.12. The Bertz CT molecular complexity index is 734. The first-order chi connectivity index (χ1) is 12.0. The van der Waals surface area contributed by atoms with Crippen LogP contribution in [0.4, 0.5) is 5.69 Å². The number of carbonyl (C=O) groups excluding carboxylic acids is 1. The molecule has 0 radical (unpaired) electrons. The lowest BCUT2D eigenvalue weighted by Crippen LogP contribution is -2.39. The lowest BCUT2D eigenvalue weighted by atomic mass is 10.0. The Balaban J connectivity index is 3.00. The van der Waals surface area contributed by atoms with Crippen molar-refractivity contribution in [2.75, 3.05) is 6.61 Å². The zero-order valence-electron chi connectivity index (χ0n) is 14.9. The zero-order valence-corrected chi connectivity index (χ0v) is 15.7. The van der Waals surface area contributed by atoms with E-state index >= 15 is 0 Å². The van der Waals surface area contributed by atoms with Crippen molar-refractivity contribution in [3.05, 3.63) is 34.4 Å². The largest absolute Gasteiger partial charge is 0.464 e. The maximum absolute atomic E-state index is 12.6. The van der Waals surface area contributed by atoms with Crippen LogP contribution in [0.3, 0.4) is 0 Å². The van der Waals surface area contributed by atoms with E-state index in [1.165, 1.54) is 19.1 Å². The smallest absolute Gasteiger partial charge is 0.302 e. The molecule has 0 bridgehead atoms. The molecule has 0 spiro atoms. The van der Waals surface area contributed by atoms with Crippen LogP contribution in [0.15, 0.2) is 29.2 Å². The molecular formula is C16H24N2O7S. The highest BCUT2D eigenvalue weighted by molar-refractivity contribution is 7.89. The molecule has 0 aromatic heterocycles. The average molecular weight is 388 g/mol. The highest BCUT2D eigenvalue weighted by Crippen LogP contribution is 2.23. The second kappa shape index (κ2) is 9.60. The molecule has 0 unspecified atom stereocenters.